The Kier molecular flexibility index (Phi) is 6.77. The Morgan fingerprint density at radius 2 is 1.71 bits per heavy atom. The second kappa shape index (κ2) is 9.91. The maximum Gasteiger partial charge on any atom is 0.295 e. The summed E-state index contributed by atoms with van der Waals surface area (Å²) in [7, 11) is 0. The average molecular weight is 456 g/mol. The first-order chi connectivity index (χ1) is 16.4. The highest BCUT2D eigenvalue weighted by Crippen LogP contribution is 2.24. The third kappa shape index (κ3) is 4.57. The molecule has 0 saturated heterocycles. The lowest BCUT2D eigenvalue weighted by Crippen LogP contribution is -2.31. The third-order valence-electron chi connectivity index (χ3n) is 6.20. The molecule has 0 aliphatic rings. The maximum atomic E-state index is 13.7. The second-order valence-corrected chi connectivity index (χ2v) is 8.28. The number of rotatable bonds is 7. The van der Waals surface area contributed by atoms with E-state index >= 15 is 0 Å². The van der Waals surface area contributed by atoms with Crippen LogP contribution in [-0.2, 0) is 6.54 Å². The number of aryl methyl sites for hydroxylation is 2. The molecule has 34 heavy (non-hydrogen) atoms. The summed E-state index contributed by atoms with van der Waals surface area (Å²) < 4.78 is 6.01. The van der Waals surface area contributed by atoms with Gasteiger partial charge in [-0.05, 0) is 74.7 Å². The fourth-order valence-corrected chi connectivity index (χ4v) is 4.04. The monoisotopic (exact) mass is 455 g/mol. The van der Waals surface area contributed by atoms with Crippen molar-refractivity contribution in [2.45, 2.75) is 34.2 Å². The largest absolute Gasteiger partial charge is 0.450 e. The number of pyridine rings is 1. The smallest absolute Gasteiger partial charge is 0.295 e. The number of carbonyl (C=O) groups excluding carboxylic acids is 1. The lowest BCUT2D eigenvalue weighted by molar-refractivity contribution is 0.0958. The van der Waals surface area contributed by atoms with E-state index in [1.54, 1.807) is 29.3 Å². The summed E-state index contributed by atoms with van der Waals surface area (Å²) in [4.78, 5) is 34.6. The molecule has 0 radical (unpaired) electrons. The van der Waals surface area contributed by atoms with Crippen LogP contribution in [0.3, 0.4) is 0 Å². The van der Waals surface area contributed by atoms with Crippen molar-refractivity contribution in [3.05, 3.63) is 99.5 Å². The summed E-state index contributed by atoms with van der Waals surface area (Å²) in [6.07, 6.45) is 1.64. The highest BCUT2D eigenvalue weighted by molar-refractivity contribution is 6.04. The molecule has 4 rings (SSSR count). The van der Waals surface area contributed by atoms with E-state index in [1.807, 2.05) is 38.1 Å². The number of amides is 1. The molecule has 0 bridgehead atoms. The molecule has 0 aliphatic carbocycles. The molecule has 2 heterocycles. The molecule has 0 spiro atoms. The van der Waals surface area contributed by atoms with Crippen LogP contribution in [0.4, 0.5) is 11.5 Å². The van der Waals surface area contributed by atoms with E-state index < -0.39 is 5.91 Å². The molecule has 6 heteroatoms. The number of aromatic nitrogens is 1. The number of carbonyl (C=O) groups is 1. The van der Waals surface area contributed by atoms with Crippen molar-refractivity contribution in [1.82, 2.24) is 4.98 Å². The van der Waals surface area contributed by atoms with Crippen molar-refractivity contribution in [3.8, 4) is 0 Å². The van der Waals surface area contributed by atoms with Crippen molar-refractivity contribution in [2.75, 3.05) is 22.9 Å². The predicted molar refractivity (Wildman–Crippen MR) is 137 cm³/mol. The van der Waals surface area contributed by atoms with E-state index in [4.69, 9.17) is 4.42 Å². The SMILES string of the molecule is CCN(CC)c1ccc(CN(C(=O)c2cc(=O)c3ccc(C)c(C)c3o2)c2ccccn2)cc1. The fraction of sp³-hybridized carbons (Fsp3) is 0.250. The standard InChI is InChI=1S/C28H29N3O3/c1-5-30(6-2)22-13-11-21(12-14-22)18-31(26-9-7-8-16-29-26)28(33)25-17-24(32)23-15-10-19(3)20(4)27(23)34-25/h7-17H,5-6,18H2,1-4H3. The van der Waals surface area contributed by atoms with Crippen LogP contribution in [-0.4, -0.2) is 24.0 Å². The third-order valence-corrected chi connectivity index (χ3v) is 6.20. The van der Waals surface area contributed by atoms with Gasteiger partial charge in [0.05, 0.1) is 11.9 Å². The van der Waals surface area contributed by atoms with Crippen molar-refractivity contribution in [3.63, 3.8) is 0 Å². The lowest BCUT2D eigenvalue weighted by Gasteiger charge is -2.23. The zero-order valence-electron chi connectivity index (χ0n) is 20.0. The Hall–Kier alpha value is -3.93. The first-order valence-corrected chi connectivity index (χ1v) is 11.5. The van der Waals surface area contributed by atoms with E-state index in [9.17, 15) is 9.59 Å². The minimum Gasteiger partial charge on any atom is -0.450 e. The number of anilines is 2. The van der Waals surface area contributed by atoms with Gasteiger partial charge in [-0.15, -0.1) is 0 Å². The van der Waals surface area contributed by atoms with E-state index in [2.05, 4.69) is 35.9 Å². The number of hydrogen-bond donors (Lipinski definition) is 0. The van der Waals surface area contributed by atoms with Gasteiger partial charge in [-0.25, -0.2) is 4.98 Å². The van der Waals surface area contributed by atoms with Gasteiger partial charge >= 0.3 is 0 Å². The van der Waals surface area contributed by atoms with Crippen molar-refractivity contribution < 1.29 is 9.21 Å². The van der Waals surface area contributed by atoms with Crippen LogP contribution >= 0.6 is 0 Å². The molecule has 1 amide bonds. The summed E-state index contributed by atoms with van der Waals surface area (Å²) >= 11 is 0. The van der Waals surface area contributed by atoms with E-state index in [1.165, 1.54) is 6.07 Å². The predicted octanol–water partition coefficient (Wildman–Crippen LogP) is 5.50. The van der Waals surface area contributed by atoms with Crippen LogP contribution in [0.2, 0.25) is 0 Å². The summed E-state index contributed by atoms with van der Waals surface area (Å²) in [5, 5.41) is 0.469. The van der Waals surface area contributed by atoms with Crippen LogP contribution < -0.4 is 15.2 Å². The quantitative estimate of drug-likeness (QED) is 0.368. The molecule has 0 atom stereocenters. The minimum atomic E-state index is -0.411. The minimum absolute atomic E-state index is 0.00313. The van der Waals surface area contributed by atoms with E-state index in [-0.39, 0.29) is 11.2 Å². The molecule has 174 valence electrons. The Morgan fingerprint density at radius 1 is 0.971 bits per heavy atom. The second-order valence-electron chi connectivity index (χ2n) is 8.28. The first kappa shape index (κ1) is 23.2. The zero-order chi connectivity index (χ0) is 24.2. The maximum absolute atomic E-state index is 13.7. The fourth-order valence-electron chi connectivity index (χ4n) is 4.04. The number of benzene rings is 2. The molecule has 0 saturated carbocycles. The molecule has 6 nitrogen and oxygen atoms in total. The zero-order valence-corrected chi connectivity index (χ0v) is 20.0. The van der Waals surface area contributed by atoms with Gasteiger partial charge in [-0.3, -0.25) is 14.5 Å². The molecular weight excluding hydrogens is 426 g/mol. The first-order valence-electron chi connectivity index (χ1n) is 11.5. The van der Waals surface area contributed by atoms with Gasteiger partial charge in [0.1, 0.15) is 11.4 Å². The lowest BCUT2D eigenvalue weighted by atomic mass is 10.1. The van der Waals surface area contributed by atoms with Gasteiger partial charge in [-0.1, -0.05) is 24.3 Å². The Balaban J connectivity index is 1.73. The van der Waals surface area contributed by atoms with Crippen molar-refractivity contribution >= 4 is 28.4 Å². The molecule has 0 N–H and O–H groups in total. The van der Waals surface area contributed by atoms with Gasteiger partial charge < -0.3 is 9.32 Å². The number of hydrogen-bond acceptors (Lipinski definition) is 5. The number of fused-ring (bicyclic) bond motifs is 1. The molecule has 0 unspecified atom stereocenters. The van der Waals surface area contributed by atoms with Gasteiger partial charge in [0.2, 0.25) is 0 Å². The van der Waals surface area contributed by atoms with Gasteiger partial charge in [-0.2, -0.15) is 0 Å². The summed E-state index contributed by atoms with van der Waals surface area (Å²) in [6, 6.07) is 18.5. The highest BCUT2D eigenvalue weighted by Gasteiger charge is 2.23. The van der Waals surface area contributed by atoms with Crippen molar-refractivity contribution in [1.29, 1.82) is 0 Å². The summed E-state index contributed by atoms with van der Waals surface area (Å²) in [6.45, 7) is 10.2. The van der Waals surface area contributed by atoms with Gasteiger partial charge in [0, 0.05) is 31.0 Å². The summed E-state index contributed by atoms with van der Waals surface area (Å²) in [5.41, 5.74) is 4.13. The van der Waals surface area contributed by atoms with Gasteiger partial charge in [0.25, 0.3) is 5.91 Å². The highest BCUT2D eigenvalue weighted by atomic mass is 16.3. The molecule has 0 aliphatic heterocycles. The van der Waals surface area contributed by atoms with Crippen LogP contribution in [0.25, 0.3) is 11.0 Å². The normalized spacial score (nSPS) is 10.9. The van der Waals surface area contributed by atoms with E-state index in [0.29, 0.717) is 23.3 Å². The molecular formula is C28H29N3O3. The van der Waals surface area contributed by atoms with Crippen LogP contribution in [0.5, 0.6) is 0 Å². The van der Waals surface area contributed by atoms with Crippen LogP contribution in [0, 0.1) is 13.8 Å². The van der Waals surface area contributed by atoms with Crippen LogP contribution in [0.15, 0.2) is 76.1 Å². The molecule has 2 aromatic heterocycles. The summed E-state index contributed by atoms with van der Waals surface area (Å²) in [5.74, 6) is 0.0760. The Bertz CT molecular complexity index is 1360. The number of nitrogens with zero attached hydrogens (tertiary/aromatic N) is 3. The Morgan fingerprint density at radius 3 is 2.35 bits per heavy atom. The van der Waals surface area contributed by atoms with Crippen molar-refractivity contribution in [2.24, 2.45) is 0 Å². The Labute approximate surface area is 199 Å². The molecule has 4 aromatic rings. The van der Waals surface area contributed by atoms with Crippen LogP contribution in [0.1, 0.15) is 41.1 Å². The molecule has 2 aromatic carbocycles. The van der Waals surface area contributed by atoms with Gasteiger partial charge in [0.15, 0.2) is 11.2 Å². The molecule has 0 fully saturated rings. The van der Waals surface area contributed by atoms with E-state index in [0.717, 1.165) is 35.5 Å². The topological polar surface area (TPSA) is 66.7 Å². The average Bonchev–Trinajstić information content (AvgIpc) is 2.86.